The molecule has 0 aliphatic rings. The van der Waals surface area contributed by atoms with Gasteiger partial charge in [-0.3, -0.25) is 0 Å². The zero-order valence-corrected chi connectivity index (χ0v) is 14.6. The highest BCUT2D eigenvalue weighted by atomic mass is 35.5. The van der Waals surface area contributed by atoms with E-state index in [1.165, 1.54) is 31.4 Å². The van der Waals surface area contributed by atoms with Crippen LogP contribution in [0.1, 0.15) is 18.5 Å². The second-order valence-corrected chi connectivity index (χ2v) is 7.06. The molecule has 2 aromatic rings. The molecule has 0 aliphatic heterocycles. The Bertz CT molecular complexity index is 775. The summed E-state index contributed by atoms with van der Waals surface area (Å²) in [6.07, 6.45) is 0. The summed E-state index contributed by atoms with van der Waals surface area (Å²) in [6, 6.07) is 10.7. The summed E-state index contributed by atoms with van der Waals surface area (Å²) in [5.41, 5.74) is 0.685. The average Bonchev–Trinajstić information content (AvgIpc) is 2.54. The third-order valence-electron chi connectivity index (χ3n) is 3.36. The lowest BCUT2D eigenvalue weighted by atomic mass is 10.1. The smallest absolute Gasteiger partial charge is 0.241 e. The number of rotatable bonds is 6. The highest BCUT2D eigenvalue weighted by molar-refractivity contribution is 7.89. The van der Waals surface area contributed by atoms with Gasteiger partial charge in [0.25, 0.3) is 0 Å². The van der Waals surface area contributed by atoms with Crippen LogP contribution in [0.5, 0.6) is 11.5 Å². The van der Waals surface area contributed by atoms with Gasteiger partial charge in [-0.25, -0.2) is 13.1 Å². The Morgan fingerprint density at radius 1 is 1.04 bits per heavy atom. The molecule has 0 fully saturated rings. The van der Waals surface area contributed by atoms with Gasteiger partial charge >= 0.3 is 0 Å². The molecule has 0 saturated carbocycles. The zero-order valence-electron chi connectivity index (χ0n) is 13.0. The first kappa shape index (κ1) is 17.6. The van der Waals surface area contributed by atoms with E-state index in [0.717, 1.165) is 0 Å². The molecule has 23 heavy (non-hydrogen) atoms. The normalized spacial score (nSPS) is 12.7. The van der Waals surface area contributed by atoms with Gasteiger partial charge in [-0.2, -0.15) is 0 Å². The molecule has 2 rings (SSSR count). The molecule has 0 aliphatic carbocycles. The van der Waals surface area contributed by atoms with Crippen LogP contribution >= 0.6 is 11.6 Å². The van der Waals surface area contributed by atoms with E-state index < -0.39 is 16.1 Å². The summed E-state index contributed by atoms with van der Waals surface area (Å²) in [6.45, 7) is 1.74. The van der Waals surface area contributed by atoms with E-state index in [-0.39, 0.29) is 4.90 Å². The van der Waals surface area contributed by atoms with Crippen LogP contribution in [0.4, 0.5) is 0 Å². The number of nitrogens with one attached hydrogen (secondary N) is 1. The molecule has 5 nitrogen and oxygen atoms in total. The van der Waals surface area contributed by atoms with Crippen molar-refractivity contribution in [1.82, 2.24) is 4.72 Å². The molecule has 1 N–H and O–H groups in total. The first-order valence-corrected chi connectivity index (χ1v) is 8.73. The van der Waals surface area contributed by atoms with E-state index in [1.807, 2.05) is 0 Å². The van der Waals surface area contributed by atoms with Gasteiger partial charge in [-0.1, -0.05) is 11.6 Å². The van der Waals surface area contributed by atoms with Crippen LogP contribution in [0.15, 0.2) is 47.4 Å². The molecule has 0 bridgehead atoms. The van der Waals surface area contributed by atoms with Gasteiger partial charge in [-0.05, 0) is 49.4 Å². The fourth-order valence-corrected chi connectivity index (χ4v) is 3.50. The average molecular weight is 356 g/mol. The van der Waals surface area contributed by atoms with E-state index in [2.05, 4.69) is 4.72 Å². The predicted molar refractivity (Wildman–Crippen MR) is 89.7 cm³/mol. The van der Waals surface area contributed by atoms with Gasteiger partial charge in [0.1, 0.15) is 11.5 Å². The van der Waals surface area contributed by atoms with Crippen molar-refractivity contribution in [2.75, 3.05) is 14.2 Å². The SMILES string of the molecule is COc1ccc(OC)c([C@H](C)NS(=O)(=O)c2ccc(Cl)cc2)c1. The number of hydrogen-bond donors (Lipinski definition) is 1. The van der Waals surface area contributed by atoms with Crippen LogP contribution in [0, 0.1) is 0 Å². The van der Waals surface area contributed by atoms with Crippen LogP contribution in [-0.2, 0) is 10.0 Å². The maximum Gasteiger partial charge on any atom is 0.241 e. The highest BCUT2D eigenvalue weighted by Crippen LogP contribution is 2.30. The summed E-state index contributed by atoms with van der Waals surface area (Å²) in [7, 11) is -0.591. The number of sulfonamides is 1. The van der Waals surface area contributed by atoms with Gasteiger partial charge in [0.2, 0.25) is 10.0 Å². The van der Waals surface area contributed by atoms with Crippen LogP contribution in [0.2, 0.25) is 5.02 Å². The molecule has 0 unspecified atom stereocenters. The zero-order chi connectivity index (χ0) is 17.0. The summed E-state index contributed by atoms with van der Waals surface area (Å²) >= 11 is 5.79. The van der Waals surface area contributed by atoms with Crippen molar-refractivity contribution in [3.63, 3.8) is 0 Å². The lowest BCUT2D eigenvalue weighted by Gasteiger charge is -2.18. The van der Waals surface area contributed by atoms with Crippen LogP contribution in [0.25, 0.3) is 0 Å². The minimum atomic E-state index is -3.67. The summed E-state index contributed by atoms with van der Waals surface area (Å²) in [5, 5.41) is 0.478. The Morgan fingerprint density at radius 3 is 2.26 bits per heavy atom. The third-order valence-corrected chi connectivity index (χ3v) is 5.17. The van der Waals surface area contributed by atoms with E-state index >= 15 is 0 Å². The molecule has 0 radical (unpaired) electrons. The number of hydrogen-bond acceptors (Lipinski definition) is 4. The minimum absolute atomic E-state index is 0.149. The van der Waals surface area contributed by atoms with Crippen molar-refractivity contribution in [3.05, 3.63) is 53.1 Å². The van der Waals surface area contributed by atoms with E-state index in [4.69, 9.17) is 21.1 Å². The topological polar surface area (TPSA) is 64.6 Å². The quantitative estimate of drug-likeness (QED) is 0.862. The number of methoxy groups -OCH3 is 2. The lowest BCUT2D eigenvalue weighted by molar-refractivity contribution is 0.395. The van der Waals surface area contributed by atoms with Crippen molar-refractivity contribution < 1.29 is 17.9 Å². The fourth-order valence-electron chi connectivity index (χ4n) is 2.16. The molecule has 1 atom stereocenters. The van der Waals surface area contributed by atoms with Crippen molar-refractivity contribution in [1.29, 1.82) is 0 Å². The molecule has 0 heterocycles. The molecular formula is C16H18ClNO4S. The maximum atomic E-state index is 12.5. The van der Waals surface area contributed by atoms with Crippen LogP contribution in [0.3, 0.4) is 0 Å². The molecular weight excluding hydrogens is 338 g/mol. The fraction of sp³-hybridized carbons (Fsp3) is 0.250. The Balaban J connectivity index is 2.30. The first-order valence-electron chi connectivity index (χ1n) is 6.87. The maximum absolute atomic E-state index is 12.5. The predicted octanol–water partition coefficient (Wildman–Crippen LogP) is 3.40. The molecule has 2 aromatic carbocycles. The van der Waals surface area contributed by atoms with Crippen molar-refractivity contribution >= 4 is 21.6 Å². The Labute approximate surface area is 141 Å². The van der Waals surface area contributed by atoms with Crippen molar-refractivity contribution in [2.45, 2.75) is 17.9 Å². The molecule has 7 heteroatoms. The lowest BCUT2D eigenvalue weighted by Crippen LogP contribution is -2.27. The standard InChI is InChI=1S/C16H18ClNO4S/c1-11(15-10-13(21-2)6-9-16(15)22-3)18-23(19,20)14-7-4-12(17)5-8-14/h4-11,18H,1-3H3/t11-/m0/s1. The van der Waals surface area contributed by atoms with Crippen LogP contribution < -0.4 is 14.2 Å². The molecule has 0 amide bonds. The molecule has 0 saturated heterocycles. The molecule has 0 aromatic heterocycles. The Morgan fingerprint density at radius 2 is 1.70 bits per heavy atom. The second-order valence-electron chi connectivity index (χ2n) is 4.90. The second kappa shape index (κ2) is 7.21. The van der Waals surface area contributed by atoms with E-state index in [1.54, 1.807) is 32.2 Å². The van der Waals surface area contributed by atoms with E-state index in [0.29, 0.717) is 22.1 Å². The largest absolute Gasteiger partial charge is 0.497 e. The first-order chi connectivity index (χ1) is 10.9. The van der Waals surface area contributed by atoms with E-state index in [9.17, 15) is 8.42 Å². The summed E-state index contributed by atoms with van der Waals surface area (Å²) in [5.74, 6) is 1.20. The Hall–Kier alpha value is -1.76. The Kier molecular flexibility index (Phi) is 5.51. The van der Waals surface area contributed by atoms with Gasteiger partial charge in [0.05, 0.1) is 19.1 Å². The van der Waals surface area contributed by atoms with Gasteiger partial charge in [-0.15, -0.1) is 0 Å². The van der Waals surface area contributed by atoms with Crippen molar-refractivity contribution in [2.24, 2.45) is 0 Å². The van der Waals surface area contributed by atoms with Gasteiger partial charge < -0.3 is 9.47 Å². The minimum Gasteiger partial charge on any atom is -0.497 e. The molecule has 124 valence electrons. The van der Waals surface area contributed by atoms with Crippen molar-refractivity contribution in [3.8, 4) is 11.5 Å². The monoisotopic (exact) mass is 355 g/mol. The third kappa shape index (κ3) is 4.16. The van der Waals surface area contributed by atoms with Gasteiger partial charge in [0.15, 0.2) is 0 Å². The highest BCUT2D eigenvalue weighted by Gasteiger charge is 2.21. The summed E-state index contributed by atoms with van der Waals surface area (Å²) < 4.78 is 38.0. The van der Waals surface area contributed by atoms with Crippen LogP contribution in [-0.4, -0.2) is 22.6 Å². The number of ether oxygens (including phenoxy) is 2. The van der Waals surface area contributed by atoms with Gasteiger partial charge in [0, 0.05) is 16.6 Å². The number of benzene rings is 2. The summed E-state index contributed by atoms with van der Waals surface area (Å²) in [4.78, 5) is 0.149. The molecule has 0 spiro atoms. The number of halogens is 1.